The van der Waals surface area contributed by atoms with Gasteiger partial charge in [-0.2, -0.15) is 0 Å². The lowest BCUT2D eigenvalue weighted by atomic mass is 10.0. The lowest BCUT2D eigenvalue weighted by molar-refractivity contribution is -0.123. The van der Waals surface area contributed by atoms with E-state index in [4.69, 9.17) is 0 Å². The summed E-state index contributed by atoms with van der Waals surface area (Å²) in [6.07, 6.45) is 0. The molecule has 3 N–H and O–H groups in total. The van der Waals surface area contributed by atoms with Crippen LogP contribution in [0, 0.1) is 5.92 Å². The molecule has 2 amide bonds. The van der Waals surface area contributed by atoms with Crippen LogP contribution in [0.5, 0.6) is 0 Å². The van der Waals surface area contributed by atoms with E-state index in [9.17, 15) is 9.59 Å². The fourth-order valence-corrected chi connectivity index (χ4v) is 2.34. The Bertz CT molecular complexity index is 424. The lowest BCUT2D eigenvalue weighted by Gasteiger charge is -2.21. The van der Waals surface area contributed by atoms with Crippen molar-refractivity contribution in [3.05, 3.63) is 22.4 Å². The van der Waals surface area contributed by atoms with E-state index in [2.05, 4.69) is 16.0 Å². The molecule has 1 rings (SSSR count). The van der Waals surface area contributed by atoms with Crippen molar-refractivity contribution >= 4 is 35.6 Å². The molecule has 0 aliphatic heterocycles. The molecule has 21 heavy (non-hydrogen) atoms. The van der Waals surface area contributed by atoms with Gasteiger partial charge in [-0.3, -0.25) is 9.59 Å². The molecular weight excluding hydrogens is 310 g/mol. The van der Waals surface area contributed by atoms with Gasteiger partial charge in [0.1, 0.15) is 6.04 Å². The Morgan fingerprint density at radius 2 is 2.00 bits per heavy atom. The smallest absolute Gasteiger partial charge is 0.262 e. The van der Waals surface area contributed by atoms with E-state index in [1.165, 1.54) is 11.3 Å². The lowest BCUT2D eigenvalue weighted by Crippen LogP contribution is -2.50. The van der Waals surface area contributed by atoms with Crippen molar-refractivity contribution in [3.8, 4) is 0 Å². The third-order valence-corrected chi connectivity index (χ3v) is 3.70. The van der Waals surface area contributed by atoms with Crippen molar-refractivity contribution < 1.29 is 9.59 Å². The van der Waals surface area contributed by atoms with Crippen LogP contribution in [0.25, 0.3) is 0 Å². The molecule has 5 nitrogen and oxygen atoms in total. The summed E-state index contributed by atoms with van der Waals surface area (Å²) in [7, 11) is 0. The van der Waals surface area contributed by atoms with Crippen LogP contribution < -0.4 is 16.0 Å². The number of rotatable bonds is 8. The standard InChI is InChI=1S/C14H23N3O2S.ClH/c1-4-15-7-8-16-14(19)12(10(2)3)17-13(18)11-6-5-9-20-11;/h5-6,9-10,12,15H,4,7-8H2,1-3H3,(H,16,19)(H,17,18);1H. The molecular formula is C14H24ClN3O2S. The largest absolute Gasteiger partial charge is 0.353 e. The van der Waals surface area contributed by atoms with Crippen LogP contribution in [0.3, 0.4) is 0 Å². The normalized spacial score (nSPS) is 11.6. The van der Waals surface area contributed by atoms with Gasteiger partial charge in [0.2, 0.25) is 5.91 Å². The van der Waals surface area contributed by atoms with Crippen molar-refractivity contribution in [2.75, 3.05) is 19.6 Å². The number of nitrogens with one attached hydrogen (secondary N) is 3. The average Bonchev–Trinajstić information content (AvgIpc) is 2.94. The van der Waals surface area contributed by atoms with Gasteiger partial charge in [-0.15, -0.1) is 23.7 Å². The fraction of sp³-hybridized carbons (Fsp3) is 0.571. The first-order valence-electron chi connectivity index (χ1n) is 6.89. The number of hydrogen-bond donors (Lipinski definition) is 3. The van der Waals surface area contributed by atoms with Gasteiger partial charge in [-0.25, -0.2) is 0 Å². The molecule has 1 aromatic heterocycles. The van der Waals surface area contributed by atoms with Crippen molar-refractivity contribution in [1.82, 2.24) is 16.0 Å². The molecule has 1 aromatic rings. The highest BCUT2D eigenvalue weighted by molar-refractivity contribution is 7.12. The summed E-state index contributed by atoms with van der Waals surface area (Å²) < 4.78 is 0. The summed E-state index contributed by atoms with van der Waals surface area (Å²) >= 11 is 1.37. The molecule has 120 valence electrons. The van der Waals surface area contributed by atoms with Gasteiger partial charge >= 0.3 is 0 Å². The van der Waals surface area contributed by atoms with E-state index in [1.807, 2.05) is 32.2 Å². The summed E-state index contributed by atoms with van der Waals surface area (Å²) in [5, 5.41) is 10.6. The second-order valence-corrected chi connectivity index (χ2v) is 5.76. The van der Waals surface area contributed by atoms with Crippen LogP contribution in [0.15, 0.2) is 17.5 Å². The van der Waals surface area contributed by atoms with Crippen LogP contribution in [-0.2, 0) is 4.79 Å². The molecule has 1 heterocycles. The minimum Gasteiger partial charge on any atom is -0.353 e. The summed E-state index contributed by atoms with van der Waals surface area (Å²) in [4.78, 5) is 24.7. The zero-order valence-corrected chi connectivity index (χ0v) is 14.3. The van der Waals surface area contributed by atoms with Gasteiger partial charge in [0.25, 0.3) is 5.91 Å². The zero-order valence-electron chi connectivity index (χ0n) is 12.6. The molecule has 0 radical (unpaired) electrons. The number of carbonyl (C=O) groups is 2. The van der Waals surface area contributed by atoms with E-state index in [0.717, 1.165) is 13.1 Å². The SMILES string of the molecule is CCNCCNC(=O)C(NC(=O)c1cccs1)C(C)C.Cl. The number of carbonyl (C=O) groups excluding carboxylic acids is 2. The highest BCUT2D eigenvalue weighted by Gasteiger charge is 2.24. The highest BCUT2D eigenvalue weighted by Crippen LogP contribution is 2.10. The first kappa shape index (κ1) is 19.9. The summed E-state index contributed by atoms with van der Waals surface area (Å²) in [6.45, 7) is 8.02. The third-order valence-electron chi connectivity index (χ3n) is 2.83. The van der Waals surface area contributed by atoms with Gasteiger partial charge in [0.05, 0.1) is 4.88 Å². The first-order chi connectivity index (χ1) is 9.56. The monoisotopic (exact) mass is 333 g/mol. The average molecular weight is 334 g/mol. The Kier molecular flexibility index (Phi) is 10.0. The maximum Gasteiger partial charge on any atom is 0.262 e. The summed E-state index contributed by atoms with van der Waals surface area (Å²) in [5.74, 6) is -0.290. The van der Waals surface area contributed by atoms with Gasteiger partial charge in [0.15, 0.2) is 0 Å². The number of thiophene rings is 1. The quantitative estimate of drug-likeness (QED) is 0.633. The highest BCUT2D eigenvalue weighted by atomic mass is 35.5. The molecule has 0 saturated heterocycles. The minimum atomic E-state index is -0.508. The molecule has 0 saturated carbocycles. The molecule has 1 atom stereocenters. The van der Waals surface area contributed by atoms with Gasteiger partial charge in [-0.1, -0.05) is 26.8 Å². The Morgan fingerprint density at radius 1 is 1.29 bits per heavy atom. The van der Waals surface area contributed by atoms with Crippen LogP contribution in [0.2, 0.25) is 0 Å². The number of likely N-dealkylation sites (N-methyl/N-ethyl adjacent to an activating group) is 1. The van der Waals surface area contributed by atoms with Crippen molar-refractivity contribution in [2.45, 2.75) is 26.8 Å². The van der Waals surface area contributed by atoms with Crippen molar-refractivity contribution in [3.63, 3.8) is 0 Å². The maximum absolute atomic E-state index is 12.1. The second-order valence-electron chi connectivity index (χ2n) is 4.82. The van der Waals surface area contributed by atoms with Gasteiger partial charge in [-0.05, 0) is 23.9 Å². The van der Waals surface area contributed by atoms with Crippen LogP contribution in [0.4, 0.5) is 0 Å². The zero-order chi connectivity index (χ0) is 15.0. The summed E-state index contributed by atoms with van der Waals surface area (Å²) in [5.41, 5.74) is 0. The molecule has 0 spiro atoms. The molecule has 0 fully saturated rings. The fourth-order valence-electron chi connectivity index (χ4n) is 1.72. The van der Waals surface area contributed by atoms with Crippen LogP contribution in [0.1, 0.15) is 30.4 Å². The maximum atomic E-state index is 12.1. The minimum absolute atomic E-state index is 0. The molecule has 1 unspecified atom stereocenters. The first-order valence-corrected chi connectivity index (χ1v) is 7.77. The van der Waals surface area contributed by atoms with Gasteiger partial charge < -0.3 is 16.0 Å². The van der Waals surface area contributed by atoms with Crippen LogP contribution >= 0.6 is 23.7 Å². The van der Waals surface area contributed by atoms with E-state index < -0.39 is 6.04 Å². The third kappa shape index (κ3) is 6.93. The number of hydrogen-bond acceptors (Lipinski definition) is 4. The van der Waals surface area contributed by atoms with Crippen LogP contribution in [-0.4, -0.2) is 37.5 Å². The van der Waals surface area contributed by atoms with E-state index in [-0.39, 0.29) is 30.1 Å². The van der Waals surface area contributed by atoms with E-state index >= 15 is 0 Å². The Labute approximate surface area is 136 Å². The van der Waals surface area contributed by atoms with Gasteiger partial charge in [0, 0.05) is 13.1 Å². The number of amides is 2. The summed E-state index contributed by atoms with van der Waals surface area (Å²) in [6, 6.07) is 3.06. The topological polar surface area (TPSA) is 70.2 Å². The van der Waals surface area contributed by atoms with Crippen molar-refractivity contribution in [1.29, 1.82) is 0 Å². The Hall–Kier alpha value is -1.11. The predicted octanol–water partition coefficient (Wildman–Crippen LogP) is 1.65. The molecule has 0 aromatic carbocycles. The predicted molar refractivity (Wildman–Crippen MR) is 89.2 cm³/mol. The Morgan fingerprint density at radius 3 is 2.52 bits per heavy atom. The van der Waals surface area contributed by atoms with E-state index in [1.54, 1.807) is 6.07 Å². The Balaban J connectivity index is 0.00000400. The van der Waals surface area contributed by atoms with Crippen molar-refractivity contribution in [2.24, 2.45) is 5.92 Å². The van der Waals surface area contributed by atoms with E-state index in [0.29, 0.717) is 11.4 Å². The molecule has 7 heteroatoms. The molecule has 0 aliphatic rings. The molecule has 0 bridgehead atoms. The number of halogens is 1. The second kappa shape index (κ2) is 10.6. The molecule has 0 aliphatic carbocycles.